The van der Waals surface area contributed by atoms with Gasteiger partial charge in [-0.1, -0.05) is 0 Å². The summed E-state index contributed by atoms with van der Waals surface area (Å²) in [6, 6.07) is 1.07. The van der Waals surface area contributed by atoms with E-state index in [9.17, 15) is 4.79 Å². The van der Waals surface area contributed by atoms with Crippen LogP contribution in [0.5, 0.6) is 0 Å². The minimum absolute atomic E-state index is 0.0914. The van der Waals surface area contributed by atoms with Crippen LogP contribution in [0, 0.1) is 0 Å². The van der Waals surface area contributed by atoms with E-state index in [-0.39, 0.29) is 11.6 Å². The van der Waals surface area contributed by atoms with Gasteiger partial charge in [0, 0.05) is 25.2 Å². The fourth-order valence-corrected chi connectivity index (χ4v) is 2.65. The highest BCUT2D eigenvalue weighted by atomic mass is 16.6. The molecule has 0 amide bonds. The second-order valence-electron chi connectivity index (χ2n) is 5.80. The SMILES string of the molecule is CC(C)(C)OC(=O)CN1C2CCC1CNC2. The molecule has 2 rings (SSSR count). The Bertz CT molecular complexity index is 257. The van der Waals surface area contributed by atoms with Crippen molar-refractivity contribution in [3.8, 4) is 0 Å². The number of nitrogens with zero attached hydrogens (tertiary/aromatic N) is 1. The molecule has 0 saturated carbocycles. The first kappa shape index (κ1) is 11.9. The Morgan fingerprint density at radius 3 is 2.38 bits per heavy atom. The van der Waals surface area contributed by atoms with E-state index in [4.69, 9.17) is 4.74 Å². The summed E-state index contributed by atoms with van der Waals surface area (Å²) in [5.74, 6) is -0.0914. The Labute approximate surface area is 97.3 Å². The van der Waals surface area contributed by atoms with Crippen molar-refractivity contribution in [2.75, 3.05) is 19.6 Å². The molecular weight excluding hydrogens is 204 g/mol. The first-order chi connectivity index (χ1) is 7.46. The lowest BCUT2D eigenvalue weighted by atomic mass is 10.2. The van der Waals surface area contributed by atoms with E-state index in [0.717, 1.165) is 13.1 Å². The average Bonchev–Trinajstić information content (AvgIpc) is 2.39. The van der Waals surface area contributed by atoms with Gasteiger partial charge in [0.05, 0.1) is 6.54 Å². The van der Waals surface area contributed by atoms with E-state index in [1.807, 2.05) is 20.8 Å². The van der Waals surface area contributed by atoms with Crippen LogP contribution in [0.3, 0.4) is 0 Å². The normalized spacial score (nSPS) is 30.4. The number of esters is 1. The standard InChI is InChI=1S/C12H22N2O2/c1-12(2,3)16-11(15)8-14-9-4-5-10(14)7-13-6-9/h9-10,13H,4-8H2,1-3H3. The number of hydrogen-bond donors (Lipinski definition) is 1. The lowest BCUT2D eigenvalue weighted by Gasteiger charge is -2.35. The summed E-state index contributed by atoms with van der Waals surface area (Å²) in [7, 11) is 0. The lowest BCUT2D eigenvalue weighted by Crippen LogP contribution is -2.53. The van der Waals surface area contributed by atoms with E-state index in [1.54, 1.807) is 0 Å². The Hall–Kier alpha value is -0.610. The summed E-state index contributed by atoms with van der Waals surface area (Å²) in [4.78, 5) is 14.1. The molecule has 4 heteroatoms. The van der Waals surface area contributed by atoms with Crippen molar-refractivity contribution >= 4 is 5.97 Å². The molecule has 92 valence electrons. The molecule has 2 saturated heterocycles. The molecule has 4 nitrogen and oxygen atoms in total. The molecule has 0 radical (unpaired) electrons. The minimum atomic E-state index is -0.371. The van der Waals surface area contributed by atoms with Crippen molar-refractivity contribution in [3.63, 3.8) is 0 Å². The number of hydrogen-bond acceptors (Lipinski definition) is 4. The van der Waals surface area contributed by atoms with Gasteiger partial charge in [0.25, 0.3) is 0 Å². The maximum absolute atomic E-state index is 11.8. The van der Waals surface area contributed by atoms with Crippen molar-refractivity contribution in [2.45, 2.75) is 51.3 Å². The summed E-state index contributed by atoms with van der Waals surface area (Å²) in [5.41, 5.74) is -0.371. The Kier molecular flexibility index (Phi) is 3.22. The highest BCUT2D eigenvalue weighted by molar-refractivity contribution is 5.72. The molecule has 2 atom stereocenters. The van der Waals surface area contributed by atoms with Crippen LogP contribution >= 0.6 is 0 Å². The van der Waals surface area contributed by atoms with Crippen LogP contribution in [0.1, 0.15) is 33.6 Å². The zero-order valence-electron chi connectivity index (χ0n) is 10.5. The number of fused-ring (bicyclic) bond motifs is 2. The monoisotopic (exact) mass is 226 g/mol. The number of carbonyl (C=O) groups excluding carboxylic acids is 1. The van der Waals surface area contributed by atoms with Crippen LogP contribution in [0.25, 0.3) is 0 Å². The molecule has 0 aromatic carbocycles. The van der Waals surface area contributed by atoms with Gasteiger partial charge in [-0.05, 0) is 33.6 Å². The lowest BCUT2D eigenvalue weighted by molar-refractivity contribution is -0.157. The fraction of sp³-hybridized carbons (Fsp3) is 0.917. The minimum Gasteiger partial charge on any atom is -0.459 e. The third kappa shape index (κ3) is 2.74. The van der Waals surface area contributed by atoms with Crippen LogP contribution < -0.4 is 5.32 Å². The van der Waals surface area contributed by atoms with E-state index in [0.29, 0.717) is 18.6 Å². The van der Waals surface area contributed by atoms with Crippen molar-refractivity contribution in [2.24, 2.45) is 0 Å². The van der Waals surface area contributed by atoms with Gasteiger partial charge in [0.1, 0.15) is 5.60 Å². The van der Waals surface area contributed by atoms with Crippen molar-refractivity contribution in [3.05, 3.63) is 0 Å². The molecular formula is C12H22N2O2. The van der Waals surface area contributed by atoms with Crippen LogP contribution in [-0.4, -0.2) is 48.2 Å². The van der Waals surface area contributed by atoms with Gasteiger partial charge in [-0.2, -0.15) is 0 Å². The number of rotatable bonds is 2. The molecule has 2 heterocycles. The molecule has 16 heavy (non-hydrogen) atoms. The molecule has 1 N–H and O–H groups in total. The summed E-state index contributed by atoms with van der Waals surface area (Å²) in [6.07, 6.45) is 2.42. The molecule has 2 bridgehead atoms. The van der Waals surface area contributed by atoms with Gasteiger partial charge in [0.2, 0.25) is 0 Å². The van der Waals surface area contributed by atoms with Crippen LogP contribution in [0.2, 0.25) is 0 Å². The first-order valence-electron chi connectivity index (χ1n) is 6.14. The van der Waals surface area contributed by atoms with E-state index in [1.165, 1.54) is 12.8 Å². The maximum atomic E-state index is 11.8. The van der Waals surface area contributed by atoms with E-state index < -0.39 is 0 Å². The fourth-order valence-electron chi connectivity index (χ4n) is 2.65. The molecule has 0 aromatic heterocycles. The quantitative estimate of drug-likeness (QED) is 0.706. The van der Waals surface area contributed by atoms with E-state index >= 15 is 0 Å². The molecule has 2 aliphatic rings. The van der Waals surface area contributed by atoms with Crippen LogP contribution in [-0.2, 0) is 9.53 Å². The Morgan fingerprint density at radius 2 is 1.88 bits per heavy atom. The summed E-state index contributed by atoms with van der Waals surface area (Å²) in [6.45, 7) is 8.22. The zero-order chi connectivity index (χ0) is 11.8. The predicted octanol–water partition coefficient (Wildman–Crippen LogP) is 0.764. The highest BCUT2D eigenvalue weighted by Gasteiger charge is 2.37. The highest BCUT2D eigenvalue weighted by Crippen LogP contribution is 2.26. The van der Waals surface area contributed by atoms with Gasteiger partial charge in [-0.15, -0.1) is 0 Å². The van der Waals surface area contributed by atoms with Gasteiger partial charge in [-0.25, -0.2) is 0 Å². The first-order valence-corrected chi connectivity index (χ1v) is 6.14. The van der Waals surface area contributed by atoms with Gasteiger partial charge >= 0.3 is 5.97 Å². The molecule has 0 aliphatic carbocycles. The molecule has 0 spiro atoms. The van der Waals surface area contributed by atoms with Gasteiger partial charge < -0.3 is 10.1 Å². The number of piperazine rings is 1. The third-order valence-electron chi connectivity index (χ3n) is 3.26. The van der Waals surface area contributed by atoms with Crippen molar-refractivity contribution in [1.29, 1.82) is 0 Å². The Morgan fingerprint density at radius 1 is 1.31 bits per heavy atom. The zero-order valence-corrected chi connectivity index (χ0v) is 10.5. The van der Waals surface area contributed by atoms with Crippen LogP contribution in [0.4, 0.5) is 0 Å². The summed E-state index contributed by atoms with van der Waals surface area (Å²) < 4.78 is 5.36. The van der Waals surface area contributed by atoms with Crippen molar-refractivity contribution < 1.29 is 9.53 Å². The van der Waals surface area contributed by atoms with Gasteiger partial charge in [-0.3, -0.25) is 9.69 Å². The molecule has 2 fully saturated rings. The van der Waals surface area contributed by atoms with Crippen molar-refractivity contribution in [1.82, 2.24) is 10.2 Å². The molecule has 2 aliphatic heterocycles. The van der Waals surface area contributed by atoms with Gasteiger partial charge in [0.15, 0.2) is 0 Å². The number of nitrogens with one attached hydrogen (secondary N) is 1. The number of carbonyl (C=O) groups is 1. The topological polar surface area (TPSA) is 41.6 Å². The summed E-state index contributed by atoms with van der Waals surface area (Å²) >= 11 is 0. The van der Waals surface area contributed by atoms with Crippen LogP contribution in [0.15, 0.2) is 0 Å². The third-order valence-corrected chi connectivity index (χ3v) is 3.26. The summed E-state index contributed by atoms with van der Waals surface area (Å²) in [5, 5.41) is 3.40. The predicted molar refractivity (Wildman–Crippen MR) is 62.2 cm³/mol. The average molecular weight is 226 g/mol. The second-order valence-corrected chi connectivity index (χ2v) is 5.80. The van der Waals surface area contributed by atoms with E-state index in [2.05, 4.69) is 10.2 Å². The molecule has 2 unspecified atom stereocenters. The smallest absolute Gasteiger partial charge is 0.320 e. The second kappa shape index (κ2) is 4.34. The molecule has 0 aromatic rings. The number of ether oxygens (including phenoxy) is 1. The largest absolute Gasteiger partial charge is 0.459 e. The Balaban J connectivity index is 1.88. The maximum Gasteiger partial charge on any atom is 0.320 e.